The molecule has 4 heteroatoms. The van der Waals surface area contributed by atoms with Gasteiger partial charge in [-0.2, -0.15) is 5.26 Å². The van der Waals surface area contributed by atoms with Crippen molar-refractivity contribution in [3.05, 3.63) is 22.9 Å². The first-order valence-corrected chi connectivity index (χ1v) is 5.53. The molecule has 0 radical (unpaired) electrons. The van der Waals surface area contributed by atoms with Gasteiger partial charge < -0.3 is 0 Å². The van der Waals surface area contributed by atoms with Gasteiger partial charge in [-0.25, -0.2) is 4.98 Å². The third-order valence-corrected chi connectivity index (χ3v) is 2.96. The quantitative estimate of drug-likeness (QED) is 0.733. The van der Waals surface area contributed by atoms with E-state index in [4.69, 9.17) is 5.26 Å². The molecule has 1 aromatic rings. The maximum atomic E-state index is 10.9. The molecule has 0 atom stereocenters. The van der Waals surface area contributed by atoms with E-state index in [0.717, 1.165) is 11.3 Å². The summed E-state index contributed by atoms with van der Waals surface area (Å²) in [6.07, 6.45) is 0. The van der Waals surface area contributed by atoms with Gasteiger partial charge in [-0.1, -0.05) is 11.8 Å². The van der Waals surface area contributed by atoms with E-state index in [1.165, 1.54) is 18.7 Å². The topological polar surface area (TPSA) is 53.8 Å². The molecule has 1 aromatic heterocycles. The van der Waals surface area contributed by atoms with Crippen molar-refractivity contribution in [2.75, 3.05) is 5.75 Å². The molecule has 0 aliphatic carbocycles. The molecule has 1 rings (SSSR count). The van der Waals surface area contributed by atoms with Crippen LogP contribution in [0.25, 0.3) is 0 Å². The lowest BCUT2D eigenvalue weighted by atomic mass is 10.1. The minimum atomic E-state index is 0.0878. The fraction of sp³-hybridized carbons (Fsp3) is 0.364. The minimum absolute atomic E-state index is 0.0878. The summed E-state index contributed by atoms with van der Waals surface area (Å²) in [6.45, 7) is 5.29. The molecule has 1 heterocycles. The van der Waals surface area contributed by atoms with E-state index in [0.29, 0.717) is 16.3 Å². The molecule has 0 unspecified atom stereocenters. The standard InChI is InChI=1S/C11H12N2OS/c1-7-4-8(2)13-11(10(7)5-12)15-6-9(3)14/h4H,6H2,1-3H3. The van der Waals surface area contributed by atoms with Gasteiger partial charge in [-0.3, -0.25) is 4.79 Å². The fourth-order valence-electron chi connectivity index (χ4n) is 1.21. The van der Waals surface area contributed by atoms with Crippen molar-refractivity contribution in [1.82, 2.24) is 4.98 Å². The van der Waals surface area contributed by atoms with E-state index in [1.807, 2.05) is 19.9 Å². The molecule has 0 fully saturated rings. The number of hydrogen-bond acceptors (Lipinski definition) is 4. The van der Waals surface area contributed by atoms with Crippen LogP contribution >= 0.6 is 11.8 Å². The summed E-state index contributed by atoms with van der Waals surface area (Å²) in [5.41, 5.74) is 2.36. The van der Waals surface area contributed by atoms with Gasteiger partial charge in [-0.05, 0) is 32.4 Å². The number of nitrogens with zero attached hydrogens (tertiary/aromatic N) is 2. The van der Waals surface area contributed by atoms with Crippen LogP contribution in [0.2, 0.25) is 0 Å². The van der Waals surface area contributed by atoms with Gasteiger partial charge in [0.2, 0.25) is 0 Å². The lowest BCUT2D eigenvalue weighted by Gasteiger charge is -2.05. The zero-order valence-electron chi connectivity index (χ0n) is 9.00. The van der Waals surface area contributed by atoms with Gasteiger partial charge in [0.05, 0.1) is 11.3 Å². The molecule has 0 saturated heterocycles. The summed E-state index contributed by atoms with van der Waals surface area (Å²) in [7, 11) is 0. The molecule has 0 saturated carbocycles. The zero-order valence-corrected chi connectivity index (χ0v) is 9.81. The Kier molecular flexibility index (Phi) is 3.87. The molecule has 0 aliphatic heterocycles. The number of carbonyl (C=O) groups excluding carboxylic acids is 1. The highest BCUT2D eigenvalue weighted by Gasteiger charge is 2.09. The molecule has 0 N–H and O–H groups in total. The maximum Gasteiger partial charge on any atom is 0.140 e. The fourth-order valence-corrected chi connectivity index (χ4v) is 2.11. The summed E-state index contributed by atoms with van der Waals surface area (Å²) in [5.74, 6) is 0.453. The smallest absolute Gasteiger partial charge is 0.140 e. The summed E-state index contributed by atoms with van der Waals surface area (Å²) in [5, 5.41) is 9.62. The van der Waals surface area contributed by atoms with E-state index in [-0.39, 0.29) is 5.78 Å². The van der Waals surface area contributed by atoms with Gasteiger partial charge in [0.15, 0.2) is 0 Å². The average Bonchev–Trinajstić information content (AvgIpc) is 2.13. The summed E-state index contributed by atoms with van der Waals surface area (Å²) >= 11 is 1.32. The monoisotopic (exact) mass is 220 g/mol. The van der Waals surface area contributed by atoms with Gasteiger partial charge in [0, 0.05) is 5.69 Å². The van der Waals surface area contributed by atoms with Crippen molar-refractivity contribution in [2.45, 2.75) is 25.8 Å². The second kappa shape index (κ2) is 4.94. The Morgan fingerprint density at radius 1 is 1.60 bits per heavy atom. The first-order valence-electron chi connectivity index (χ1n) is 4.55. The van der Waals surface area contributed by atoms with Crippen molar-refractivity contribution in [3.8, 4) is 6.07 Å². The molecule has 78 valence electrons. The molecule has 3 nitrogen and oxygen atoms in total. The first kappa shape index (κ1) is 11.7. The van der Waals surface area contributed by atoms with Gasteiger partial charge >= 0.3 is 0 Å². The first-order chi connectivity index (χ1) is 7.04. The number of aryl methyl sites for hydroxylation is 2. The Labute approximate surface area is 93.5 Å². The number of nitriles is 1. The number of aromatic nitrogens is 1. The molecule has 0 spiro atoms. The third-order valence-electron chi connectivity index (χ3n) is 1.84. The number of pyridine rings is 1. The predicted molar refractivity (Wildman–Crippen MR) is 59.8 cm³/mol. The van der Waals surface area contributed by atoms with Crippen LogP contribution in [0.5, 0.6) is 0 Å². The van der Waals surface area contributed by atoms with Crippen molar-refractivity contribution < 1.29 is 4.79 Å². The normalized spacial score (nSPS) is 9.73. The Bertz CT molecular complexity index is 435. The lowest BCUT2D eigenvalue weighted by Crippen LogP contribution is -1.98. The minimum Gasteiger partial charge on any atom is -0.299 e. The summed E-state index contributed by atoms with van der Waals surface area (Å²) in [6, 6.07) is 3.99. The Hall–Kier alpha value is -1.34. The van der Waals surface area contributed by atoms with Crippen LogP contribution in [0, 0.1) is 25.2 Å². The van der Waals surface area contributed by atoms with Crippen LogP contribution in [0.15, 0.2) is 11.1 Å². The molecule has 15 heavy (non-hydrogen) atoms. The zero-order chi connectivity index (χ0) is 11.4. The van der Waals surface area contributed by atoms with E-state index >= 15 is 0 Å². The average molecular weight is 220 g/mol. The molecular formula is C11H12N2OS. The van der Waals surface area contributed by atoms with Crippen LogP contribution < -0.4 is 0 Å². The number of ketones is 1. The summed E-state index contributed by atoms with van der Waals surface area (Å²) < 4.78 is 0. The lowest BCUT2D eigenvalue weighted by molar-refractivity contribution is -0.114. The van der Waals surface area contributed by atoms with Crippen molar-refractivity contribution in [2.24, 2.45) is 0 Å². The Balaban J connectivity index is 3.05. The van der Waals surface area contributed by atoms with E-state index in [1.54, 1.807) is 0 Å². The van der Waals surface area contributed by atoms with Crippen LogP contribution in [-0.4, -0.2) is 16.5 Å². The maximum absolute atomic E-state index is 10.9. The van der Waals surface area contributed by atoms with Crippen LogP contribution in [0.4, 0.5) is 0 Å². The molecular weight excluding hydrogens is 208 g/mol. The van der Waals surface area contributed by atoms with E-state index in [9.17, 15) is 4.79 Å². The number of hydrogen-bond donors (Lipinski definition) is 0. The third kappa shape index (κ3) is 3.07. The van der Waals surface area contributed by atoms with Crippen LogP contribution in [0.3, 0.4) is 0 Å². The highest BCUT2D eigenvalue weighted by Crippen LogP contribution is 2.23. The second-order valence-corrected chi connectivity index (χ2v) is 4.33. The van der Waals surface area contributed by atoms with Crippen molar-refractivity contribution >= 4 is 17.5 Å². The van der Waals surface area contributed by atoms with E-state index in [2.05, 4.69) is 11.1 Å². The summed E-state index contributed by atoms with van der Waals surface area (Å²) in [4.78, 5) is 15.1. The molecule has 0 amide bonds. The number of Topliss-reactive ketones (excluding diaryl/α,β-unsaturated/α-hetero) is 1. The molecule has 0 aromatic carbocycles. The van der Waals surface area contributed by atoms with Crippen LogP contribution in [0.1, 0.15) is 23.7 Å². The highest BCUT2D eigenvalue weighted by molar-refractivity contribution is 8.00. The Morgan fingerprint density at radius 2 is 2.27 bits per heavy atom. The van der Waals surface area contributed by atoms with Crippen molar-refractivity contribution in [3.63, 3.8) is 0 Å². The van der Waals surface area contributed by atoms with E-state index < -0.39 is 0 Å². The number of thioether (sulfide) groups is 1. The highest BCUT2D eigenvalue weighted by atomic mass is 32.2. The van der Waals surface area contributed by atoms with Crippen LogP contribution in [-0.2, 0) is 4.79 Å². The largest absolute Gasteiger partial charge is 0.299 e. The molecule has 0 bridgehead atoms. The van der Waals surface area contributed by atoms with Gasteiger partial charge in [-0.15, -0.1) is 0 Å². The van der Waals surface area contributed by atoms with Crippen molar-refractivity contribution in [1.29, 1.82) is 5.26 Å². The number of carbonyl (C=O) groups is 1. The van der Waals surface area contributed by atoms with Gasteiger partial charge in [0.25, 0.3) is 0 Å². The van der Waals surface area contributed by atoms with Gasteiger partial charge in [0.1, 0.15) is 16.9 Å². The predicted octanol–water partition coefficient (Wildman–Crippen LogP) is 2.25. The Morgan fingerprint density at radius 3 is 2.80 bits per heavy atom. The molecule has 0 aliphatic rings. The number of rotatable bonds is 3. The SMILES string of the molecule is CC(=O)CSc1nc(C)cc(C)c1C#N. The second-order valence-electron chi connectivity index (χ2n) is 3.36.